The van der Waals surface area contributed by atoms with Crippen LogP contribution in [0.3, 0.4) is 0 Å². The van der Waals surface area contributed by atoms with Crippen molar-refractivity contribution in [3.05, 3.63) is 29.5 Å². The minimum atomic E-state index is -3.78. The third-order valence-corrected chi connectivity index (χ3v) is 6.19. The van der Waals surface area contributed by atoms with Crippen molar-refractivity contribution in [3.8, 4) is 0 Å². The van der Waals surface area contributed by atoms with E-state index in [1.807, 2.05) is 0 Å². The van der Waals surface area contributed by atoms with E-state index in [2.05, 4.69) is 4.98 Å². The van der Waals surface area contributed by atoms with E-state index >= 15 is 0 Å². The van der Waals surface area contributed by atoms with Crippen LogP contribution in [0.2, 0.25) is 5.15 Å². The van der Waals surface area contributed by atoms with Gasteiger partial charge < -0.3 is 5.73 Å². The smallest absolute Gasteiger partial charge is 0.262 e. The first kappa shape index (κ1) is 15.3. The number of amides is 1. The minimum Gasteiger partial charge on any atom is -0.369 e. The summed E-state index contributed by atoms with van der Waals surface area (Å²) in [5, 5.41) is -0.0921. The molecule has 2 aromatic heterocycles. The van der Waals surface area contributed by atoms with Crippen LogP contribution in [0.5, 0.6) is 0 Å². The summed E-state index contributed by atoms with van der Waals surface area (Å²) in [6.07, 6.45) is 2.45. The van der Waals surface area contributed by atoms with Crippen LogP contribution in [-0.4, -0.2) is 41.1 Å². The van der Waals surface area contributed by atoms with E-state index in [4.69, 9.17) is 17.3 Å². The third-order valence-electron chi connectivity index (χ3n) is 3.89. The largest absolute Gasteiger partial charge is 0.369 e. The Morgan fingerprint density at radius 3 is 2.64 bits per heavy atom. The number of hydrogen-bond acceptors (Lipinski definition) is 4. The molecule has 0 saturated carbocycles. The fourth-order valence-corrected chi connectivity index (χ4v) is 4.75. The highest BCUT2D eigenvalue weighted by Crippen LogP contribution is 2.28. The molecule has 2 N–H and O–H groups in total. The Labute approximate surface area is 132 Å². The monoisotopic (exact) mass is 342 g/mol. The average Bonchev–Trinajstić information content (AvgIpc) is 2.83. The fraction of sp³-hybridized carbons (Fsp3) is 0.385. The Bertz CT molecular complexity index is 825. The molecule has 1 aliphatic heterocycles. The van der Waals surface area contributed by atoms with Crippen LogP contribution in [-0.2, 0) is 14.8 Å². The van der Waals surface area contributed by atoms with Gasteiger partial charge in [0.15, 0.2) is 10.2 Å². The molecule has 0 unspecified atom stereocenters. The van der Waals surface area contributed by atoms with Gasteiger partial charge >= 0.3 is 0 Å². The Kier molecular flexibility index (Phi) is 3.84. The zero-order valence-electron chi connectivity index (χ0n) is 11.6. The Balaban J connectivity index is 1.96. The molecule has 0 bridgehead atoms. The number of hydrogen-bond donors (Lipinski definition) is 1. The summed E-state index contributed by atoms with van der Waals surface area (Å²) in [5.41, 5.74) is 5.74. The lowest BCUT2D eigenvalue weighted by atomic mass is 9.98. The summed E-state index contributed by atoms with van der Waals surface area (Å²) in [5.74, 6) is -0.658. The number of rotatable bonds is 3. The standard InChI is InChI=1S/C13H15ClN4O3S/c14-11-13(18-6-2-1-3-10(18)16-11)22(20,21)17-7-4-9(5-8-17)12(15)19/h1-3,6,9H,4-5,7-8H2,(H2,15,19). The molecule has 118 valence electrons. The summed E-state index contributed by atoms with van der Waals surface area (Å²) in [4.78, 5) is 15.3. The molecule has 0 radical (unpaired) electrons. The molecule has 0 atom stereocenters. The van der Waals surface area contributed by atoms with Gasteiger partial charge in [0, 0.05) is 25.2 Å². The van der Waals surface area contributed by atoms with E-state index in [1.165, 1.54) is 8.71 Å². The van der Waals surface area contributed by atoms with Crippen molar-refractivity contribution >= 4 is 33.2 Å². The van der Waals surface area contributed by atoms with Crippen molar-refractivity contribution < 1.29 is 13.2 Å². The van der Waals surface area contributed by atoms with E-state index < -0.39 is 10.0 Å². The van der Waals surface area contributed by atoms with Gasteiger partial charge in [-0.25, -0.2) is 13.4 Å². The van der Waals surface area contributed by atoms with E-state index in [9.17, 15) is 13.2 Å². The number of piperidine rings is 1. The number of carbonyl (C=O) groups excluding carboxylic acids is 1. The van der Waals surface area contributed by atoms with Gasteiger partial charge in [-0.3, -0.25) is 9.20 Å². The molecule has 3 rings (SSSR count). The van der Waals surface area contributed by atoms with E-state index in [1.54, 1.807) is 24.4 Å². The topological polar surface area (TPSA) is 97.8 Å². The predicted molar refractivity (Wildman–Crippen MR) is 80.9 cm³/mol. The first-order valence-corrected chi connectivity index (χ1v) is 8.65. The normalized spacial score (nSPS) is 17.9. The van der Waals surface area contributed by atoms with Gasteiger partial charge in [0.25, 0.3) is 10.0 Å². The zero-order chi connectivity index (χ0) is 15.9. The van der Waals surface area contributed by atoms with Crippen LogP contribution in [0.4, 0.5) is 0 Å². The van der Waals surface area contributed by atoms with Crippen molar-refractivity contribution in [1.82, 2.24) is 13.7 Å². The molecule has 0 aliphatic carbocycles. The molecular formula is C13H15ClN4O3S. The van der Waals surface area contributed by atoms with Crippen LogP contribution >= 0.6 is 11.6 Å². The quantitative estimate of drug-likeness (QED) is 0.895. The fourth-order valence-electron chi connectivity index (χ4n) is 2.68. The summed E-state index contributed by atoms with van der Waals surface area (Å²) >= 11 is 6.04. The second-order valence-corrected chi connectivity index (χ2v) is 7.43. The van der Waals surface area contributed by atoms with Crippen LogP contribution in [0, 0.1) is 5.92 Å². The van der Waals surface area contributed by atoms with Gasteiger partial charge in [0.2, 0.25) is 5.91 Å². The molecular weight excluding hydrogens is 328 g/mol. The second kappa shape index (κ2) is 5.53. The van der Waals surface area contributed by atoms with Crippen LogP contribution in [0.1, 0.15) is 12.8 Å². The summed E-state index contributed by atoms with van der Waals surface area (Å²) in [7, 11) is -3.78. The molecule has 1 fully saturated rings. The van der Waals surface area contributed by atoms with Gasteiger partial charge in [0.05, 0.1) is 0 Å². The maximum atomic E-state index is 12.8. The van der Waals surface area contributed by atoms with E-state index in [0.29, 0.717) is 18.5 Å². The summed E-state index contributed by atoms with van der Waals surface area (Å²) in [6.45, 7) is 0.485. The number of nitrogens with two attached hydrogens (primary N) is 1. The maximum Gasteiger partial charge on any atom is 0.262 e. The van der Waals surface area contributed by atoms with Crippen molar-refractivity contribution in [2.45, 2.75) is 17.9 Å². The van der Waals surface area contributed by atoms with Crippen LogP contribution < -0.4 is 5.73 Å². The van der Waals surface area contributed by atoms with E-state index in [0.717, 1.165) is 0 Å². The van der Waals surface area contributed by atoms with Gasteiger partial charge in [0.1, 0.15) is 5.65 Å². The Morgan fingerprint density at radius 2 is 2.00 bits per heavy atom. The predicted octanol–water partition coefficient (Wildman–Crippen LogP) is 0.874. The molecule has 1 aliphatic rings. The Morgan fingerprint density at radius 1 is 1.32 bits per heavy atom. The summed E-state index contributed by atoms with van der Waals surface area (Å²) in [6, 6.07) is 5.15. The molecule has 9 heteroatoms. The lowest BCUT2D eigenvalue weighted by molar-refractivity contribution is -0.122. The number of primary amides is 1. The lowest BCUT2D eigenvalue weighted by Gasteiger charge is -2.29. The van der Waals surface area contributed by atoms with Gasteiger partial charge in [-0.1, -0.05) is 17.7 Å². The number of aromatic nitrogens is 2. The first-order valence-electron chi connectivity index (χ1n) is 6.83. The van der Waals surface area contributed by atoms with E-state index in [-0.39, 0.29) is 35.1 Å². The molecule has 2 aromatic rings. The Hall–Kier alpha value is -1.64. The third kappa shape index (κ3) is 2.47. The minimum absolute atomic E-state index is 0.0395. The van der Waals surface area contributed by atoms with Crippen molar-refractivity contribution in [3.63, 3.8) is 0 Å². The highest BCUT2D eigenvalue weighted by atomic mass is 35.5. The number of nitrogens with zero attached hydrogens (tertiary/aromatic N) is 3. The number of fused-ring (bicyclic) bond motifs is 1. The van der Waals surface area contributed by atoms with Crippen molar-refractivity contribution in [1.29, 1.82) is 0 Å². The average molecular weight is 343 g/mol. The zero-order valence-corrected chi connectivity index (χ0v) is 13.2. The highest BCUT2D eigenvalue weighted by molar-refractivity contribution is 7.89. The van der Waals surface area contributed by atoms with Crippen molar-refractivity contribution in [2.24, 2.45) is 11.7 Å². The van der Waals surface area contributed by atoms with Gasteiger partial charge in [-0.15, -0.1) is 0 Å². The molecule has 3 heterocycles. The molecule has 1 saturated heterocycles. The van der Waals surface area contributed by atoms with Crippen molar-refractivity contribution in [2.75, 3.05) is 13.1 Å². The molecule has 7 nitrogen and oxygen atoms in total. The molecule has 0 spiro atoms. The maximum absolute atomic E-state index is 12.8. The number of imidazole rings is 1. The number of halogens is 1. The SMILES string of the molecule is NC(=O)C1CCN(S(=O)(=O)c2c(Cl)nc3ccccn23)CC1. The highest BCUT2D eigenvalue weighted by Gasteiger charge is 2.34. The first-order chi connectivity index (χ1) is 10.4. The number of sulfonamides is 1. The van der Waals surface area contributed by atoms with Gasteiger partial charge in [-0.2, -0.15) is 4.31 Å². The molecule has 0 aromatic carbocycles. The second-order valence-electron chi connectivity index (χ2n) is 5.22. The lowest BCUT2D eigenvalue weighted by Crippen LogP contribution is -2.42. The molecule has 1 amide bonds. The number of pyridine rings is 1. The molecule has 22 heavy (non-hydrogen) atoms. The van der Waals surface area contributed by atoms with Crippen LogP contribution in [0.15, 0.2) is 29.4 Å². The van der Waals surface area contributed by atoms with Crippen LogP contribution in [0.25, 0.3) is 5.65 Å². The summed E-state index contributed by atoms with van der Waals surface area (Å²) < 4.78 is 28.4. The van der Waals surface area contributed by atoms with Gasteiger partial charge in [-0.05, 0) is 25.0 Å². The number of carbonyl (C=O) groups is 1.